The van der Waals surface area contributed by atoms with Crippen LogP contribution in [0.3, 0.4) is 0 Å². The van der Waals surface area contributed by atoms with E-state index >= 15 is 0 Å². The fraction of sp³-hybridized carbons (Fsp3) is 0.0741. The molecule has 41 heavy (non-hydrogen) atoms. The fourth-order valence-corrected chi connectivity index (χ4v) is 5.33. The van der Waals surface area contributed by atoms with Crippen LogP contribution in [0.4, 0.5) is 10.1 Å². The van der Waals surface area contributed by atoms with Crippen molar-refractivity contribution in [2.24, 2.45) is 5.10 Å². The first kappa shape index (κ1) is 30.2. The molecule has 0 unspecified atom stereocenters. The Labute approximate surface area is 249 Å². The number of benzene rings is 3. The number of rotatable bonds is 9. The molecule has 0 aliphatic heterocycles. The molecule has 3 aromatic carbocycles. The Bertz CT molecular complexity index is 1710. The SMILES string of the molecule is O=C(N/N=C/c1ccc(CN(Cc2ccc(Cl)c(Cl)c2)S(=O)(=O)c2ccc(Cl)cc2)o1)C(=O)Nc1ccccc1F. The average Bonchev–Trinajstić information content (AvgIpc) is 3.39. The van der Waals surface area contributed by atoms with Gasteiger partial charge < -0.3 is 9.73 Å². The first-order chi connectivity index (χ1) is 19.5. The quantitative estimate of drug-likeness (QED) is 0.135. The number of nitrogens with one attached hydrogen (secondary N) is 2. The third kappa shape index (κ3) is 7.93. The van der Waals surface area contributed by atoms with Crippen molar-refractivity contribution in [1.29, 1.82) is 0 Å². The Hall–Kier alpha value is -3.74. The van der Waals surface area contributed by atoms with Gasteiger partial charge in [-0.15, -0.1) is 0 Å². The van der Waals surface area contributed by atoms with Crippen LogP contribution in [-0.4, -0.2) is 30.8 Å². The number of para-hydroxylation sites is 1. The van der Waals surface area contributed by atoms with E-state index in [4.69, 9.17) is 39.2 Å². The first-order valence-corrected chi connectivity index (χ1v) is 14.3. The summed E-state index contributed by atoms with van der Waals surface area (Å²) in [5, 5.41) is 6.78. The maximum atomic E-state index is 13.7. The Morgan fingerprint density at radius 2 is 1.63 bits per heavy atom. The van der Waals surface area contributed by atoms with Crippen LogP contribution in [0.2, 0.25) is 15.1 Å². The molecule has 0 saturated heterocycles. The fourth-order valence-electron chi connectivity index (χ4n) is 3.49. The van der Waals surface area contributed by atoms with E-state index in [0.29, 0.717) is 15.6 Å². The molecule has 0 aliphatic carbocycles. The summed E-state index contributed by atoms with van der Waals surface area (Å²) in [5.41, 5.74) is 2.43. The van der Waals surface area contributed by atoms with Gasteiger partial charge >= 0.3 is 11.8 Å². The zero-order valence-corrected chi connectivity index (χ0v) is 23.9. The predicted octanol–water partition coefficient (Wildman–Crippen LogP) is 5.86. The van der Waals surface area contributed by atoms with Crippen molar-refractivity contribution in [3.05, 3.63) is 117 Å². The monoisotopic (exact) mass is 636 g/mol. The second kappa shape index (κ2) is 13.3. The molecule has 2 N–H and O–H groups in total. The molecule has 0 bridgehead atoms. The number of hydrogen-bond donors (Lipinski definition) is 2. The number of hydrazone groups is 1. The molecular formula is C27H20Cl3FN4O5S. The number of hydrogen-bond acceptors (Lipinski definition) is 6. The van der Waals surface area contributed by atoms with E-state index < -0.39 is 27.7 Å². The zero-order valence-electron chi connectivity index (χ0n) is 20.9. The number of amides is 2. The van der Waals surface area contributed by atoms with Crippen LogP contribution in [0, 0.1) is 5.82 Å². The summed E-state index contributed by atoms with van der Waals surface area (Å²) >= 11 is 18.1. The highest BCUT2D eigenvalue weighted by Gasteiger charge is 2.26. The molecule has 9 nitrogen and oxygen atoms in total. The van der Waals surface area contributed by atoms with E-state index in [1.165, 1.54) is 58.9 Å². The zero-order chi connectivity index (χ0) is 29.6. The van der Waals surface area contributed by atoms with Crippen LogP contribution >= 0.6 is 34.8 Å². The number of furan rings is 1. The third-order valence-electron chi connectivity index (χ3n) is 5.50. The van der Waals surface area contributed by atoms with Gasteiger partial charge in [-0.25, -0.2) is 18.2 Å². The lowest BCUT2D eigenvalue weighted by Crippen LogP contribution is -2.32. The first-order valence-electron chi connectivity index (χ1n) is 11.7. The van der Waals surface area contributed by atoms with Crippen molar-refractivity contribution in [2.75, 3.05) is 5.32 Å². The average molecular weight is 638 g/mol. The molecule has 4 rings (SSSR count). The summed E-state index contributed by atoms with van der Waals surface area (Å²) in [7, 11) is -4.02. The van der Waals surface area contributed by atoms with Gasteiger partial charge in [0.1, 0.15) is 17.3 Å². The van der Waals surface area contributed by atoms with E-state index in [2.05, 4.69) is 10.4 Å². The minimum Gasteiger partial charge on any atom is -0.459 e. The Balaban J connectivity index is 1.47. The van der Waals surface area contributed by atoms with Crippen molar-refractivity contribution in [3.8, 4) is 0 Å². The highest BCUT2D eigenvalue weighted by atomic mass is 35.5. The molecule has 4 aromatic rings. The molecule has 0 saturated carbocycles. The summed E-state index contributed by atoms with van der Waals surface area (Å²) < 4.78 is 47.6. The smallest absolute Gasteiger partial charge is 0.329 e. The van der Waals surface area contributed by atoms with Crippen LogP contribution in [0.5, 0.6) is 0 Å². The van der Waals surface area contributed by atoms with Crippen LogP contribution in [0.1, 0.15) is 17.1 Å². The molecule has 2 amide bonds. The standard InChI is InChI=1S/C27H20Cl3FN4O5S/c28-18-6-10-21(11-7-18)41(38,39)35(15-17-5-12-22(29)23(30)13-17)16-20-9-8-19(40-20)14-32-34-27(37)26(36)33-25-4-2-1-3-24(25)31/h1-14H,15-16H2,(H,33,36)(H,34,37)/b32-14+. The van der Waals surface area contributed by atoms with Gasteiger partial charge in [0.15, 0.2) is 0 Å². The number of carbonyl (C=O) groups excluding carboxylic acids is 2. The van der Waals surface area contributed by atoms with Gasteiger partial charge in [0.05, 0.1) is 33.4 Å². The molecule has 212 valence electrons. The molecule has 14 heteroatoms. The van der Waals surface area contributed by atoms with Crippen molar-refractivity contribution < 1.29 is 26.8 Å². The maximum Gasteiger partial charge on any atom is 0.329 e. The number of nitrogens with zero attached hydrogens (tertiary/aromatic N) is 2. The van der Waals surface area contributed by atoms with Gasteiger partial charge in [-0.3, -0.25) is 9.59 Å². The molecule has 0 fully saturated rings. The Morgan fingerprint density at radius 1 is 0.902 bits per heavy atom. The van der Waals surface area contributed by atoms with Crippen molar-refractivity contribution in [1.82, 2.24) is 9.73 Å². The number of sulfonamides is 1. The molecular weight excluding hydrogens is 618 g/mol. The minimum atomic E-state index is -4.02. The van der Waals surface area contributed by atoms with E-state index in [0.717, 1.165) is 12.3 Å². The molecule has 1 heterocycles. The van der Waals surface area contributed by atoms with Gasteiger partial charge in [0, 0.05) is 11.6 Å². The van der Waals surface area contributed by atoms with Crippen LogP contribution in [0.25, 0.3) is 0 Å². The summed E-state index contributed by atoms with van der Waals surface area (Å²) in [6.07, 6.45) is 1.12. The summed E-state index contributed by atoms with van der Waals surface area (Å²) in [4.78, 5) is 24.0. The lowest BCUT2D eigenvalue weighted by atomic mass is 10.2. The minimum absolute atomic E-state index is 0.0201. The molecule has 1 aromatic heterocycles. The van der Waals surface area contributed by atoms with Gasteiger partial charge in [-0.05, 0) is 66.2 Å². The van der Waals surface area contributed by atoms with Crippen molar-refractivity contribution >= 4 is 68.5 Å². The van der Waals surface area contributed by atoms with Crippen molar-refractivity contribution in [3.63, 3.8) is 0 Å². The summed E-state index contributed by atoms with van der Waals surface area (Å²) in [5.74, 6) is -2.55. The van der Waals surface area contributed by atoms with Crippen molar-refractivity contribution in [2.45, 2.75) is 18.0 Å². The molecule has 0 radical (unpaired) electrons. The van der Waals surface area contributed by atoms with Gasteiger partial charge in [-0.1, -0.05) is 53.0 Å². The number of anilines is 1. The highest BCUT2D eigenvalue weighted by molar-refractivity contribution is 7.89. The van der Waals surface area contributed by atoms with E-state index in [1.807, 2.05) is 5.43 Å². The maximum absolute atomic E-state index is 13.7. The second-order valence-corrected chi connectivity index (χ2v) is 11.6. The second-order valence-electron chi connectivity index (χ2n) is 8.41. The van der Waals surface area contributed by atoms with Gasteiger partial charge in [0.2, 0.25) is 10.0 Å². The molecule has 0 atom stereocenters. The van der Waals surface area contributed by atoms with E-state index in [1.54, 1.807) is 18.2 Å². The molecule has 0 spiro atoms. The molecule has 0 aliphatic rings. The van der Waals surface area contributed by atoms with E-state index in [9.17, 15) is 22.4 Å². The normalized spacial score (nSPS) is 11.6. The topological polar surface area (TPSA) is 121 Å². The largest absolute Gasteiger partial charge is 0.459 e. The predicted molar refractivity (Wildman–Crippen MR) is 154 cm³/mol. The summed E-state index contributed by atoms with van der Waals surface area (Å²) in [6, 6.07) is 18.9. The lowest BCUT2D eigenvalue weighted by Gasteiger charge is -2.22. The summed E-state index contributed by atoms with van der Waals surface area (Å²) in [6.45, 7) is -0.227. The van der Waals surface area contributed by atoms with Crippen LogP contribution in [0.15, 0.2) is 93.3 Å². The third-order valence-corrected chi connectivity index (χ3v) is 8.29. The lowest BCUT2D eigenvalue weighted by molar-refractivity contribution is -0.136. The van der Waals surface area contributed by atoms with Gasteiger partial charge in [-0.2, -0.15) is 9.41 Å². The number of carbonyl (C=O) groups is 2. The Kier molecular flexibility index (Phi) is 9.79. The van der Waals surface area contributed by atoms with Gasteiger partial charge in [0.25, 0.3) is 0 Å². The number of halogens is 4. The Morgan fingerprint density at radius 3 is 2.34 bits per heavy atom. The van der Waals surface area contributed by atoms with Crippen LogP contribution < -0.4 is 10.7 Å². The van der Waals surface area contributed by atoms with E-state index in [-0.39, 0.29) is 40.2 Å². The van der Waals surface area contributed by atoms with Crippen LogP contribution in [-0.2, 0) is 32.7 Å². The highest BCUT2D eigenvalue weighted by Crippen LogP contribution is 2.27.